The van der Waals surface area contributed by atoms with Gasteiger partial charge in [-0.05, 0) is 25.7 Å². The Bertz CT molecular complexity index is 676. The molecular weight excluding hydrogens is 298 g/mol. The number of hydrogen-bond acceptors (Lipinski definition) is 4. The Morgan fingerprint density at radius 2 is 2.18 bits per heavy atom. The summed E-state index contributed by atoms with van der Waals surface area (Å²) in [5.41, 5.74) is 2.97. The predicted octanol–water partition coefficient (Wildman–Crippen LogP) is 1.55. The van der Waals surface area contributed by atoms with E-state index >= 15 is 0 Å². The highest BCUT2D eigenvalue weighted by molar-refractivity contribution is 7.99. The first-order chi connectivity index (χ1) is 10.7. The summed E-state index contributed by atoms with van der Waals surface area (Å²) in [7, 11) is 3.83. The number of amides is 1. The van der Waals surface area contributed by atoms with Gasteiger partial charge in [-0.15, -0.1) is 0 Å². The van der Waals surface area contributed by atoms with E-state index in [1.54, 1.807) is 22.6 Å². The smallest absolute Gasteiger partial charge is 0.269 e. The molecule has 0 spiro atoms. The van der Waals surface area contributed by atoms with Crippen molar-refractivity contribution < 1.29 is 4.79 Å². The number of fused-ring (bicyclic) bond motifs is 1. The molecule has 2 aromatic heterocycles. The van der Waals surface area contributed by atoms with E-state index in [-0.39, 0.29) is 5.91 Å². The van der Waals surface area contributed by atoms with Gasteiger partial charge in [0.25, 0.3) is 5.91 Å². The van der Waals surface area contributed by atoms with Gasteiger partial charge >= 0.3 is 0 Å². The second kappa shape index (κ2) is 6.56. The van der Waals surface area contributed by atoms with E-state index in [0.717, 1.165) is 47.1 Å². The van der Waals surface area contributed by atoms with E-state index in [0.29, 0.717) is 6.54 Å². The van der Waals surface area contributed by atoms with Crippen LogP contribution in [0.3, 0.4) is 0 Å². The van der Waals surface area contributed by atoms with Gasteiger partial charge in [-0.3, -0.25) is 9.48 Å². The van der Waals surface area contributed by atoms with Crippen molar-refractivity contribution in [1.29, 1.82) is 0 Å². The zero-order valence-electron chi connectivity index (χ0n) is 13.0. The van der Waals surface area contributed by atoms with Crippen molar-refractivity contribution in [2.75, 3.05) is 12.3 Å². The molecule has 7 heteroatoms. The number of thioether (sulfide) groups is 1. The summed E-state index contributed by atoms with van der Waals surface area (Å²) in [5, 5.41) is 8.46. The van der Waals surface area contributed by atoms with Crippen molar-refractivity contribution >= 4 is 17.7 Å². The highest BCUT2D eigenvalue weighted by Crippen LogP contribution is 2.23. The fourth-order valence-corrected chi connectivity index (χ4v) is 3.63. The molecule has 6 nitrogen and oxygen atoms in total. The van der Waals surface area contributed by atoms with Crippen molar-refractivity contribution in [3.63, 3.8) is 0 Å². The average molecular weight is 319 g/mol. The van der Waals surface area contributed by atoms with Crippen LogP contribution < -0.4 is 5.32 Å². The zero-order chi connectivity index (χ0) is 15.5. The first-order valence-electron chi connectivity index (χ1n) is 7.60. The lowest BCUT2D eigenvalue weighted by atomic mass is 9.96. The molecule has 0 radical (unpaired) electrons. The van der Waals surface area contributed by atoms with Crippen molar-refractivity contribution in [3.8, 4) is 0 Å². The Morgan fingerprint density at radius 3 is 2.95 bits per heavy atom. The largest absolute Gasteiger partial charge is 0.350 e. The van der Waals surface area contributed by atoms with Gasteiger partial charge in [0.15, 0.2) is 5.16 Å². The van der Waals surface area contributed by atoms with Crippen LogP contribution in [0.25, 0.3) is 0 Å². The van der Waals surface area contributed by atoms with Crippen molar-refractivity contribution in [3.05, 3.63) is 29.3 Å². The maximum absolute atomic E-state index is 12.4. The van der Waals surface area contributed by atoms with Crippen LogP contribution in [0.1, 0.15) is 34.6 Å². The van der Waals surface area contributed by atoms with E-state index in [9.17, 15) is 4.79 Å². The quantitative estimate of drug-likeness (QED) is 0.671. The topological polar surface area (TPSA) is 64.7 Å². The van der Waals surface area contributed by atoms with Crippen LogP contribution >= 0.6 is 11.8 Å². The number of carbonyl (C=O) groups is 1. The third-order valence-electron chi connectivity index (χ3n) is 3.93. The fraction of sp³-hybridized carbons (Fsp3) is 0.533. The molecule has 0 atom stereocenters. The average Bonchev–Trinajstić information content (AvgIpc) is 3.05. The molecular formula is C15H21N5OS. The Balaban J connectivity index is 1.56. The molecule has 0 aliphatic heterocycles. The number of aromatic nitrogens is 4. The number of aryl methyl sites for hydroxylation is 3. The number of imidazole rings is 1. The Hall–Kier alpha value is -1.76. The molecule has 1 aliphatic carbocycles. The van der Waals surface area contributed by atoms with Crippen molar-refractivity contribution in [1.82, 2.24) is 24.6 Å². The van der Waals surface area contributed by atoms with E-state index < -0.39 is 0 Å². The summed E-state index contributed by atoms with van der Waals surface area (Å²) in [6, 6.07) is 0. The molecule has 0 aromatic carbocycles. The molecule has 2 aromatic rings. The van der Waals surface area contributed by atoms with Crippen LogP contribution in [0.4, 0.5) is 0 Å². The molecule has 3 rings (SSSR count). The second-order valence-electron chi connectivity index (χ2n) is 5.53. The number of rotatable bonds is 5. The Labute approximate surface area is 134 Å². The van der Waals surface area contributed by atoms with Gasteiger partial charge in [-0.2, -0.15) is 5.10 Å². The molecule has 0 fully saturated rings. The summed E-state index contributed by atoms with van der Waals surface area (Å²) < 4.78 is 3.71. The third kappa shape index (κ3) is 3.04. The van der Waals surface area contributed by atoms with Crippen LogP contribution in [0.5, 0.6) is 0 Å². The number of carbonyl (C=O) groups excluding carboxylic acids is 1. The fourth-order valence-electron chi connectivity index (χ4n) is 2.85. The zero-order valence-corrected chi connectivity index (χ0v) is 13.8. The van der Waals surface area contributed by atoms with E-state index in [1.807, 2.05) is 24.9 Å². The normalized spacial score (nSPS) is 13.9. The minimum Gasteiger partial charge on any atom is -0.350 e. The minimum atomic E-state index is -0.0152. The number of nitrogens with zero attached hydrogens (tertiary/aromatic N) is 4. The standard InChI is InChI=1S/C15H21N5OS/c1-19-9-7-17-15(19)22-10-8-16-14(21)13-11-5-3-4-6-12(11)18-20(13)2/h7,9H,3-6,8,10H2,1-2H3,(H,16,21). The van der Waals surface area contributed by atoms with Crippen molar-refractivity contribution in [2.24, 2.45) is 14.1 Å². The maximum Gasteiger partial charge on any atom is 0.269 e. The molecule has 1 aliphatic rings. The van der Waals surface area contributed by atoms with Crippen LogP contribution in [0.2, 0.25) is 0 Å². The molecule has 2 heterocycles. The number of nitrogens with one attached hydrogen (secondary N) is 1. The molecule has 118 valence electrons. The molecule has 1 N–H and O–H groups in total. The number of hydrogen-bond donors (Lipinski definition) is 1. The molecule has 1 amide bonds. The van der Waals surface area contributed by atoms with Crippen LogP contribution in [0, 0.1) is 0 Å². The van der Waals surface area contributed by atoms with Gasteiger partial charge in [0.05, 0.1) is 5.69 Å². The highest BCUT2D eigenvalue weighted by Gasteiger charge is 2.23. The van der Waals surface area contributed by atoms with Crippen LogP contribution in [0.15, 0.2) is 17.6 Å². The maximum atomic E-state index is 12.4. The van der Waals surface area contributed by atoms with Gasteiger partial charge < -0.3 is 9.88 Å². The van der Waals surface area contributed by atoms with E-state index in [4.69, 9.17) is 0 Å². The first kappa shape index (κ1) is 15.1. The summed E-state index contributed by atoms with van der Waals surface area (Å²) in [6.07, 6.45) is 7.98. The van der Waals surface area contributed by atoms with Gasteiger partial charge in [-0.25, -0.2) is 4.98 Å². The Morgan fingerprint density at radius 1 is 1.36 bits per heavy atom. The van der Waals surface area contributed by atoms with Gasteiger partial charge in [-0.1, -0.05) is 11.8 Å². The molecule has 0 unspecified atom stereocenters. The highest BCUT2D eigenvalue weighted by atomic mass is 32.2. The second-order valence-corrected chi connectivity index (χ2v) is 6.59. The van der Waals surface area contributed by atoms with Crippen LogP contribution in [-0.2, 0) is 26.9 Å². The van der Waals surface area contributed by atoms with E-state index in [1.165, 1.54) is 6.42 Å². The molecule has 22 heavy (non-hydrogen) atoms. The summed E-state index contributed by atoms with van der Waals surface area (Å²) >= 11 is 1.64. The van der Waals surface area contributed by atoms with Crippen molar-refractivity contribution in [2.45, 2.75) is 30.8 Å². The molecule has 0 saturated heterocycles. The lowest BCUT2D eigenvalue weighted by Gasteiger charge is -2.11. The van der Waals surface area contributed by atoms with Gasteiger partial charge in [0.2, 0.25) is 0 Å². The van der Waals surface area contributed by atoms with Gasteiger partial charge in [0, 0.05) is 44.4 Å². The van der Waals surface area contributed by atoms with Crippen LogP contribution in [-0.4, -0.2) is 37.5 Å². The van der Waals surface area contributed by atoms with Gasteiger partial charge in [0.1, 0.15) is 5.69 Å². The predicted molar refractivity (Wildman–Crippen MR) is 86.1 cm³/mol. The van der Waals surface area contributed by atoms with E-state index in [2.05, 4.69) is 15.4 Å². The summed E-state index contributed by atoms with van der Waals surface area (Å²) in [4.78, 5) is 16.7. The Kier molecular flexibility index (Phi) is 4.52. The summed E-state index contributed by atoms with van der Waals surface area (Å²) in [5.74, 6) is 0.787. The third-order valence-corrected chi connectivity index (χ3v) is 4.99. The summed E-state index contributed by atoms with van der Waals surface area (Å²) in [6.45, 7) is 0.621. The SMILES string of the molecule is Cn1ccnc1SCCNC(=O)c1c2c(nn1C)CCCC2. The lowest BCUT2D eigenvalue weighted by Crippen LogP contribution is -2.28. The molecule has 0 saturated carbocycles. The minimum absolute atomic E-state index is 0.0152. The monoisotopic (exact) mass is 319 g/mol. The first-order valence-corrected chi connectivity index (χ1v) is 8.58. The lowest BCUT2D eigenvalue weighted by molar-refractivity contribution is 0.0945. The molecule has 0 bridgehead atoms.